The van der Waals surface area contributed by atoms with Gasteiger partial charge < -0.3 is 61.1 Å². The van der Waals surface area contributed by atoms with Gasteiger partial charge in [0.25, 0.3) is 0 Å². The molecule has 3 heterocycles. The minimum absolute atomic E-state index is 0.0147. The number of carbonyl (C=O) groups is 4. The number of carboxylic acids is 1. The number of hydrogen-bond donors (Lipinski definition) is 11. The lowest BCUT2D eigenvalue weighted by molar-refractivity contribution is -0.142. The van der Waals surface area contributed by atoms with Gasteiger partial charge in [0.2, 0.25) is 11.8 Å². The van der Waals surface area contributed by atoms with E-state index in [1.54, 1.807) is 0 Å². The Kier molecular flexibility index (Phi) is 17.0. The van der Waals surface area contributed by atoms with Crippen molar-refractivity contribution in [2.75, 3.05) is 37.8 Å². The molecule has 58 heavy (non-hydrogen) atoms. The Morgan fingerprint density at radius 2 is 1.67 bits per heavy atom. The molecule has 8 atom stereocenters. The summed E-state index contributed by atoms with van der Waals surface area (Å²) in [6.07, 6.45) is -8.22. The molecule has 0 aliphatic carbocycles. The van der Waals surface area contributed by atoms with E-state index in [1.807, 2.05) is 0 Å². The van der Waals surface area contributed by atoms with Crippen LogP contribution in [0.2, 0.25) is 0 Å². The summed E-state index contributed by atoms with van der Waals surface area (Å²) in [5.41, 5.74) is 2.44. The number of aliphatic carboxylic acids is 1. The molecule has 0 bridgehead atoms. The first-order valence-electron chi connectivity index (χ1n) is 16.6. The van der Waals surface area contributed by atoms with Crippen molar-refractivity contribution in [1.29, 1.82) is 0 Å². The van der Waals surface area contributed by atoms with Crippen molar-refractivity contribution in [2.24, 2.45) is 5.41 Å². The van der Waals surface area contributed by atoms with Crippen LogP contribution >= 0.6 is 35.2 Å². The predicted octanol–water partition coefficient (Wildman–Crippen LogP) is -1.72. The van der Waals surface area contributed by atoms with Crippen molar-refractivity contribution < 1.29 is 95.5 Å². The molecule has 2 amide bonds. The summed E-state index contributed by atoms with van der Waals surface area (Å²) in [4.78, 5) is 98.2. The Morgan fingerprint density at radius 3 is 2.31 bits per heavy atom. The number of carboxylic acid groups (broad SMARTS) is 1. The third kappa shape index (κ3) is 15.2. The minimum atomic E-state index is -5.60. The Balaban J connectivity index is 1.47. The molecule has 1 aliphatic heterocycles. The first-order valence-corrected chi connectivity index (χ1v) is 22.1. The van der Waals surface area contributed by atoms with Gasteiger partial charge in [-0.25, -0.2) is 28.6 Å². The largest absolute Gasteiger partial charge is 0.481 e. The summed E-state index contributed by atoms with van der Waals surface area (Å²) < 4.78 is 62.0. The van der Waals surface area contributed by atoms with Gasteiger partial charge in [0.15, 0.2) is 22.8 Å². The maximum atomic E-state index is 12.7. The Morgan fingerprint density at radius 1 is 1.02 bits per heavy atom. The van der Waals surface area contributed by atoms with E-state index in [1.165, 1.54) is 20.8 Å². The number of nitrogen functional groups attached to an aromatic ring is 1. The van der Waals surface area contributed by atoms with Crippen molar-refractivity contribution in [3.8, 4) is 0 Å². The molecule has 328 valence electrons. The van der Waals surface area contributed by atoms with Crippen molar-refractivity contribution in [3.05, 3.63) is 12.7 Å². The molecule has 1 saturated heterocycles. The molecule has 1 aliphatic rings. The van der Waals surface area contributed by atoms with Crippen LogP contribution in [0.25, 0.3) is 11.2 Å². The van der Waals surface area contributed by atoms with Crippen LogP contribution in [0.3, 0.4) is 0 Å². The number of phosphoric ester groups is 3. The van der Waals surface area contributed by atoms with Gasteiger partial charge in [0, 0.05) is 37.1 Å². The van der Waals surface area contributed by atoms with Crippen LogP contribution in [-0.2, 0) is 55.5 Å². The van der Waals surface area contributed by atoms with Gasteiger partial charge in [-0.1, -0.05) is 25.6 Å². The molecule has 27 nitrogen and oxygen atoms in total. The van der Waals surface area contributed by atoms with Crippen molar-refractivity contribution in [1.82, 2.24) is 30.2 Å². The van der Waals surface area contributed by atoms with Crippen LogP contribution in [0.5, 0.6) is 0 Å². The summed E-state index contributed by atoms with van der Waals surface area (Å²) >= 11 is 0.771. The zero-order valence-electron chi connectivity index (χ0n) is 30.8. The molecule has 3 rings (SSSR count). The summed E-state index contributed by atoms with van der Waals surface area (Å²) in [7, 11) is -16.5. The lowest BCUT2D eigenvalue weighted by atomic mass is 9.87. The molecular formula is C27H44N7O20P3S. The fraction of sp³-hybridized carbons (Fsp3) is 0.667. The van der Waals surface area contributed by atoms with E-state index in [2.05, 4.69) is 34.4 Å². The smallest absolute Gasteiger partial charge is 0.481 e. The molecule has 0 saturated carbocycles. The van der Waals surface area contributed by atoms with Crippen LogP contribution in [0, 0.1) is 5.41 Å². The molecule has 2 aromatic rings. The molecule has 0 radical (unpaired) electrons. The minimum Gasteiger partial charge on any atom is -0.481 e. The van der Waals surface area contributed by atoms with E-state index < -0.39 is 114 Å². The van der Waals surface area contributed by atoms with Crippen molar-refractivity contribution in [3.63, 3.8) is 0 Å². The number of aromatic nitrogens is 4. The molecule has 2 aromatic heterocycles. The number of fused-ring (bicyclic) bond motifs is 1. The number of aliphatic hydroxyl groups is 3. The molecule has 1 fully saturated rings. The zero-order chi connectivity index (χ0) is 43.9. The Bertz CT molecular complexity index is 1950. The van der Waals surface area contributed by atoms with Crippen LogP contribution in [0.4, 0.5) is 5.82 Å². The third-order valence-electron chi connectivity index (χ3n) is 7.82. The van der Waals surface area contributed by atoms with Gasteiger partial charge in [0.05, 0.1) is 31.6 Å². The average Bonchev–Trinajstić information content (AvgIpc) is 3.63. The van der Waals surface area contributed by atoms with Gasteiger partial charge in [-0.05, 0) is 6.92 Å². The van der Waals surface area contributed by atoms with Gasteiger partial charge in [-0.3, -0.25) is 37.3 Å². The lowest BCUT2D eigenvalue weighted by Gasteiger charge is -2.30. The second-order valence-corrected chi connectivity index (χ2v) is 18.9. The van der Waals surface area contributed by atoms with E-state index in [9.17, 15) is 67.8 Å². The first kappa shape index (κ1) is 49.4. The van der Waals surface area contributed by atoms with E-state index in [-0.39, 0.29) is 42.2 Å². The molecule has 3 unspecified atom stereocenters. The van der Waals surface area contributed by atoms with E-state index >= 15 is 0 Å². The van der Waals surface area contributed by atoms with Crippen LogP contribution in [0.1, 0.15) is 46.3 Å². The molecule has 0 aromatic carbocycles. The van der Waals surface area contributed by atoms with Gasteiger partial charge in [-0.15, -0.1) is 0 Å². The standard InChI is InChI=1S/C27H44N7O20P3S/c1-26(2,21(40)24(41)30-5-4-15(35)29-6-7-58-17(38)9-27(3,42)8-16(36)37)11-51-57(48,49)54-56(46,47)50-10-14-20(53-55(43,44)45)19(39)25(52-14)34-13-33-18-22(28)31-12-32-23(18)34/h12-14,19-21,25,39-40,42H,4-11H2,1-3H3,(H,29,35)(H,30,41)(H,36,37)(H,46,47)(H,48,49)(H2,28,31,32)(H2,43,44,45)/t14-,19-,20-,21-,25-,27?/m1/s1. The normalized spacial score (nSPS) is 22.4. The Hall–Kier alpha value is -3.01. The number of amides is 2. The van der Waals surface area contributed by atoms with Crippen LogP contribution in [0.15, 0.2) is 12.7 Å². The van der Waals surface area contributed by atoms with Gasteiger partial charge in [-0.2, -0.15) is 4.31 Å². The number of nitrogens with two attached hydrogens (primary N) is 1. The van der Waals surface area contributed by atoms with Crippen molar-refractivity contribution >= 4 is 75.1 Å². The quantitative estimate of drug-likeness (QED) is 0.0436. The third-order valence-corrected chi connectivity index (χ3v) is 11.8. The maximum absolute atomic E-state index is 12.7. The number of nitrogens with zero attached hydrogens (tertiary/aromatic N) is 4. The zero-order valence-corrected chi connectivity index (χ0v) is 34.3. The van der Waals surface area contributed by atoms with Gasteiger partial charge >= 0.3 is 29.4 Å². The second-order valence-electron chi connectivity index (χ2n) is 13.5. The molecule has 12 N–H and O–H groups in total. The summed E-state index contributed by atoms with van der Waals surface area (Å²) in [5.74, 6) is -2.81. The Labute approximate surface area is 332 Å². The number of rotatable bonds is 23. The highest BCUT2D eigenvalue weighted by Crippen LogP contribution is 2.61. The van der Waals surface area contributed by atoms with E-state index in [0.717, 1.165) is 29.0 Å². The topological polar surface area (TPSA) is 421 Å². The monoisotopic (exact) mass is 911 g/mol. The predicted molar refractivity (Wildman–Crippen MR) is 195 cm³/mol. The summed E-state index contributed by atoms with van der Waals surface area (Å²) in [6, 6.07) is 0. The fourth-order valence-corrected chi connectivity index (χ4v) is 8.72. The fourth-order valence-electron chi connectivity index (χ4n) is 5.05. The first-order chi connectivity index (χ1) is 26.6. The maximum Gasteiger partial charge on any atom is 0.481 e. The average molecular weight is 912 g/mol. The number of anilines is 1. The number of aliphatic hydroxyl groups excluding tert-OH is 2. The van der Waals surface area contributed by atoms with Crippen molar-refractivity contribution in [2.45, 2.75) is 76.3 Å². The highest BCUT2D eigenvalue weighted by molar-refractivity contribution is 8.13. The van der Waals surface area contributed by atoms with Crippen LogP contribution in [-0.4, -0.2) is 144 Å². The summed E-state index contributed by atoms with van der Waals surface area (Å²) in [6.45, 7) is 1.29. The number of nitrogens with one attached hydrogen (secondary N) is 2. The van der Waals surface area contributed by atoms with Crippen LogP contribution < -0.4 is 16.4 Å². The van der Waals surface area contributed by atoms with E-state index in [4.69, 9.17) is 24.6 Å². The number of imidazole rings is 1. The van der Waals surface area contributed by atoms with E-state index in [0.29, 0.717) is 0 Å². The highest BCUT2D eigenvalue weighted by Gasteiger charge is 2.50. The van der Waals surface area contributed by atoms with Gasteiger partial charge in [0.1, 0.15) is 36.3 Å². The molecular weight excluding hydrogens is 867 g/mol. The lowest BCUT2D eigenvalue weighted by Crippen LogP contribution is -2.46. The number of phosphoric acid groups is 3. The number of hydrogen-bond acceptors (Lipinski definition) is 20. The molecule has 31 heteroatoms. The number of ether oxygens (including phenoxy) is 1. The number of carbonyl (C=O) groups excluding carboxylic acids is 3. The second kappa shape index (κ2) is 20.0. The highest BCUT2D eigenvalue weighted by atomic mass is 32.2. The summed E-state index contributed by atoms with van der Waals surface area (Å²) in [5, 5.41) is 44.4. The number of thioether (sulfide) groups is 1. The SMILES string of the molecule is CC(O)(CC(=O)O)CC(=O)SCCNC(=O)CCNC(=O)[C@@H](O)C(C)(C)COP(=O)(O)OP(=O)(O)OC[C@H]1O[C@@H](n2cnc3c(N)ncnc32)[C@H](O)[C@@H]1OP(=O)(O)O. The molecule has 0 spiro atoms.